The largest absolute Gasteiger partial charge is 0.308 e. The fraction of sp³-hybridized carbons (Fsp3) is 1.00. The lowest BCUT2D eigenvalue weighted by molar-refractivity contribution is 0.0482. The molecule has 0 aromatic heterocycles. The van der Waals surface area contributed by atoms with E-state index < -0.39 is 0 Å². The molecule has 1 heterocycles. The Morgan fingerprint density at radius 3 is 2.50 bits per heavy atom. The molecule has 0 bridgehead atoms. The van der Waals surface area contributed by atoms with Gasteiger partial charge in [-0.1, -0.05) is 40.5 Å². The van der Waals surface area contributed by atoms with Crippen LogP contribution in [0.1, 0.15) is 72.6 Å². The van der Waals surface area contributed by atoms with E-state index in [1.165, 1.54) is 64.6 Å². The van der Waals surface area contributed by atoms with E-state index in [1.54, 1.807) is 0 Å². The molecule has 118 valence electrons. The highest BCUT2D eigenvalue weighted by molar-refractivity contribution is 4.97. The van der Waals surface area contributed by atoms with E-state index in [4.69, 9.17) is 0 Å². The van der Waals surface area contributed by atoms with Crippen LogP contribution < -0.4 is 5.32 Å². The van der Waals surface area contributed by atoms with Gasteiger partial charge in [0.2, 0.25) is 0 Å². The van der Waals surface area contributed by atoms with E-state index in [9.17, 15) is 0 Å². The normalized spacial score (nSPS) is 35.1. The molecule has 0 radical (unpaired) electrons. The number of piperazine rings is 1. The highest BCUT2D eigenvalue weighted by Gasteiger charge is 2.37. The molecule has 0 aromatic carbocycles. The maximum Gasteiger partial charge on any atom is 0.0304 e. The number of hydrogen-bond acceptors (Lipinski definition) is 2. The number of rotatable bonds is 5. The molecule has 1 saturated heterocycles. The SMILES string of the molecule is CCC1CNC(CC)(CC)CN1CC1CCCC(C)C1. The lowest BCUT2D eigenvalue weighted by Crippen LogP contribution is -2.64. The van der Waals surface area contributed by atoms with Crippen LogP contribution in [0.5, 0.6) is 0 Å². The second-order valence-electron chi connectivity index (χ2n) is 7.50. The van der Waals surface area contributed by atoms with Gasteiger partial charge in [0.05, 0.1) is 0 Å². The minimum Gasteiger partial charge on any atom is -0.308 e. The molecule has 2 aliphatic rings. The van der Waals surface area contributed by atoms with Gasteiger partial charge in [-0.05, 0) is 43.9 Å². The van der Waals surface area contributed by atoms with Crippen molar-refractivity contribution in [1.82, 2.24) is 10.2 Å². The zero-order chi connectivity index (χ0) is 14.6. The fourth-order valence-electron chi connectivity index (χ4n) is 4.43. The third-order valence-corrected chi connectivity index (χ3v) is 6.10. The van der Waals surface area contributed by atoms with Gasteiger partial charge in [-0.25, -0.2) is 0 Å². The first-order valence-corrected chi connectivity index (χ1v) is 9.11. The van der Waals surface area contributed by atoms with Crippen LogP contribution in [-0.2, 0) is 0 Å². The Morgan fingerprint density at radius 2 is 1.90 bits per heavy atom. The van der Waals surface area contributed by atoms with Crippen LogP contribution in [0.4, 0.5) is 0 Å². The summed E-state index contributed by atoms with van der Waals surface area (Å²) in [7, 11) is 0. The predicted octanol–water partition coefficient (Wildman–Crippen LogP) is 4.06. The predicted molar refractivity (Wildman–Crippen MR) is 88.1 cm³/mol. The molecule has 3 unspecified atom stereocenters. The summed E-state index contributed by atoms with van der Waals surface area (Å²) in [6.45, 7) is 13.3. The van der Waals surface area contributed by atoms with Crippen molar-refractivity contribution >= 4 is 0 Å². The Labute approximate surface area is 126 Å². The standard InChI is InChI=1S/C18H36N2/c1-5-17-12-19-18(6-2,7-3)14-20(17)13-16-10-8-9-15(4)11-16/h15-17,19H,5-14H2,1-4H3. The Hall–Kier alpha value is -0.0800. The van der Waals surface area contributed by atoms with Gasteiger partial charge in [0.25, 0.3) is 0 Å². The van der Waals surface area contributed by atoms with Crippen molar-refractivity contribution < 1.29 is 0 Å². The van der Waals surface area contributed by atoms with Crippen molar-refractivity contribution in [2.45, 2.75) is 84.2 Å². The third kappa shape index (κ3) is 3.76. The van der Waals surface area contributed by atoms with Gasteiger partial charge in [-0.15, -0.1) is 0 Å². The smallest absolute Gasteiger partial charge is 0.0304 e. The summed E-state index contributed by atoms with van der Waals surface area (Å²) < 4.78 is 0. The molecule has 20 heavy (non-hydrogen) atoms. The van der Waals surface area contributed by atoms with Crippen molar-refractivity contribution in [3.8, 4) is 0 Å². The van der Waals surface area contributed by atoms with Crippen molar-refractivity contribution in [3.05, 3.63) is 0 Å². The summed E-state index contributed by atoms with van der Waals surface area (Å²) in [4.78, 5) is 2.84. The van der Waals surface area contributed by atoms with E-state index in [0.29, 0.717) is 5.54 Å². The van der Waals surface area contributed by atoms with Gasteiger partial charge in [0.1, 0.15) is 0 Å². The average Bonchev–Trinajstić information content (AvgIpc) is 2.47. The summed E-state index contributed by atoms with van der Waals surface area (Å²) in [5.41, 5.74) is 0.381. The lowest BCUT2D eigenvalue weighted by Gasteiger charge is -2.49. The minimum absolute atomic E-state index is 0.381. The fourth-order valence-corrected chi connectivity index (χ4v) is 4.43. The molecule has 1 saturated carbocycles. The lowest BCUT2D eigenvalue weighted by atomic mass is 9.81. The van der Waals surface area contributed by atoms with Gasteiger partial charge in [-0.3, -0.25) is 4.90 Å². The molecule has 2 fully saturated rings. The summed E-state index contributed by atoms with van der Waals surface area (Å²) in [6.07, 6.45) is 9.67. The van der Waals surface area contributed by atoms with Crippen molar-refractivity contribution in [2.75, 3.05) is 19.6 Å². The Kier molecular flexibility index (Phi) is 5.92. The molecule has 1 aliphatic heterocycles. The van der Waals surface area contributed by atoms with Gasteiger partial charge in [-0.2, -0.15) is 0 Å². The highest BCUT2D eigenvalue weighted by Crippen LogP contribution is 2.31. The molecule has 3 atom stereocenters. The minimum atomic E-state index is 0.381. The summed E-state index contributed by atoms with van der Waals surface area (Å²) in [6, 6.07) is 0.762. The third-order valence-electron chi connectivity index (χ3n) is 6.10. The molecule has 1 N–H and O–H groups in total. The Morgan fingerprint density at radius 1 is 1.15 bits per heavy atom. The van der Waals surface area contributed by atoms with Crippen LogP contribution in [-0.4, -0.2) is 36.1 Å². The first kappa shape index (κ1) is 16.3. The van der Waals surface area contributed by atoms with Crippen LogP contribution in [0.3, 0.4) is 0 Å². The van der Waals surface area contributed by atoms with E-state index in [1.807, 2.05) is 0 Å². The zero-order valence-electron chi connectivity index (χ0n) is 14.3. The molecule has 2 rings (SSSR count). The average molecular weight is 280 g/mol. The molecular formula is C18H36N2. The highest BCUT2D eigenvalue weighted by atomic mass is 15.3. The monoisotopic (exact) mass is 280 g/mol. The molecular weight excluding hydrogens is 244 g/mol. The zero-order valence-corrected chi connectivity index (χ0v) is 14.3. The van der Waals surface area contributed by atoms with Gasteiger partial charge in [0.15, 0.2) is 0 Å². The Balaban J connectivity index is 1.97. The first-order valence-electron chi connectivity index (χ1n) is 9.11. The van der Waals surface area contributed by atoms with Crippen LogP contribution in [0, 0.1) is 11.8 Å². The summed E-state index contributed by atoms with van der Waals surface area (Å²) >= 11 is 0. The number of nitrogens with one attached hydrogen (secondary N) is 1. The molecule has 0 amide bonds. The topological polar surface area (TPSA) is 15.3 Å². The van der Waals surface area contributed by atoms with Gasteiger partial charge >= 0.3 is 0 Å². The second kappa shape index (κ2) is 7.26. The van der Waals surface area contributed by atoms with Crippen LogP contribution in [0.25, 0.3) is 0 Å². The summed E-state index contributed by atoms with van der Waals surface area (Å²) in [5.74, 6) is 1.91. The molecule has 2 heteroatoms. The van der Waals surface area contributed by atoms with E-state index in [-0.39, 0.29) is 0 Å². The number of hydrogen-bond donors (Lipinski definition) is 1. The van der Waals surface area contributed by atoms with Gasteiger partial charge in [0, 0.05) is 31.2 Å². The molecule has 0 spiro atoms. The quantitative estimate of drug-likeness (QED) is 0.817. The van der Waals surface area contributed by atoms with Crippen molar-refractivity contribution in [2.24, 2.45) is 11.8 Å². The van der Waals surface area contributed by atoms with Crippen LogP contribution >= 0.6 is 0 Å². The number of nitrogens with zero attached hydrogens (tertiary/aromatic N) is 1. The molecule has 0 aromatic rings. The first-order chi connectivity index (χ1) is 9.62. The maximum absolute atomic E-state index is 3.87. The van der Waals surface area contributed by atoms with Crippen molar-refractivity contribution in [1.29, 1.82) is 0 Å². The van der Waals surface area contributed by atoms with Gasteiger partial charge < -0.3 is 5.32 Å². The second-order valence-corrected chi connectivity index (χ2v) is 7.50. The summed E-state index contributed by atoms with van der Waals surface area (Å²) in [5, 5.41) is 3.87. The van der Waals surface area contributed by atoms with E-state index >= 15 is 0 Å². The Bertz CT molecular complexity index is 285. The van der Waals surface area contributed by atoms with E-state index in [0.717, 1.165) is 17.9 Å². The van der Waals surface area contributed by atoms with Crippen LogP contribution in [0.2, 0.25) is 0 Å². The van der Waals surface area contributed by atoms with Crippen LogP contribution in [0.15, 0.2) is 0 Å². The molecule has 2 nitrogen and oxygen atoms in total. The maximum atomic E-state index is 3.87. The van der Waals surface area contributed by atoms with Crippen molar-refractivity contribution in [3.63, 3.8) is 0 Å². The van der Waals surface area contributed by atoms with E-state index in [2.05, 4.69) is 37.9 Å². The molecule has 1 aliphatic carbocycles.